The van der Waals surface area contributed by atoms with Crippen molar-refractivity contribution in [3.63, 3.8) is 0 Å². The van der Waals surface area contributed by atoms with Gasteiger partial charge in [0.05, 0.1) is 6.61 Å². The zero-order valence-corrected chi connectivity index (χ0v) is 12.8. The highest BCUT2D eigenvalue weighted by Crippen LogP contribution is 2.08. The Morgan fingerprint density at radius 3 is 3.00 bits per heavy atom. The lowest BCUT2D eigenvalue weighted by Gasteiger charge is -2.11. The Balaban J connectivity index is 2.44. The molecule has 2 aromatic rings. The van der Waals surface area contributed by atoms with Crippen molar-refractivity contribution in [2.24, 2.45) is 0 Å². The molecule has 1 N–H and O–H groups in total. The fourth-order valence-electron chi connectivity index (χ4n) is 2.10. The normalized spacial score (nSPS) is 10.8. The number of aromatic nitrogens is 3. The molecule has 0 radical (unpaired) electrons. The van der Waals surface area contributed by atoms with Crippen molar-refractivity contribution in [3.8, 4) is 0 Å². The van der Waals surface area contributed by atoms with Gasteiger partial charge in [-0.05, 0) is 18.6 Å². The van der Waals surface area contributed by atoms with E-state index >= 15 is 0 Å². The van der Waals surface area contributed by atoms with Crippen LogP contribution in [0.2, 0.25) is 0 Å². The maximum Gasteiger partial charge on any atom is 0.283 e. The molecular formula is C15H20N4O3. The van der Waals surface area contributed by atoms with Gasteiger partial charge in [-0.15, -0.1) is 0 Å². The van der Waals surface area contributed by atoms with Crippen LogP contribution in [-0.2, 0) is 11.3 Å². The Labute approximate surface area is 128 Å². The van der Waals surface area contributed by atoms with Gasteiger partial charge in [-0.2, -0.15) is 0 Å². The second-order valence-electron chi connectivity index (χ2n) is 4.87. The summed E-state index contributed by atoms with van der Waals surface area (Å²) >= 11 is 0. The number of hydrogen-bond donors (Lipinski definition) is 1. The Kier molecular flexibility index (Phi) is 5.60. The number of methoxy groups -OCH3 is 1. The van der Waals surface area contributed by atoms with Crippen LogP contribution in [0.15, 0.2) is 23.1 Å². The van der Waals surface area contributed by atoms with Gasteiger partial charge in [0, 0.05) is 26.4 Å². The van der Waals surface area contributed by atoms with Crippen molar-refractivity contribution in [3.05, 3.63) is 34.4 Å². The number of amides is 1. The molecule has 0 aliphatic carbocycles. The first-order valence-electron chi connectivity index (χ1n) is 7.31. The molecule has 0 bridgehead atoms. The number of pyridine rings is 1. The van der Waals surface area contributed by atoms with E-state index in [2.05, 4.69) is 15.3 Å². The van der Waals surface area contributed by atoms with Gasteiger partial charge in [0.1, 0.15) is 5.52 Å². The third kappa shape index (κ3) is 3.48. The Bertz CT molecular complexity index is 711. The maximum absolute atomic E-state index is 12.5. The predicted octanol–water partition coefficient (Wildman–Crippen LogP) is 0.968. The highest BCUT2D eigenvalue weighted by Gasteiger charge is 2.17. The van der Waals surface area contributed by atoms with E-state index in [9.17, 15) is 9.59 Å². The van der Waals surface area contributed by atoms with E-state index < -0.39 is 11.5 Å². The van der Waals surface area contributed by atoms with Crippen LogP contribution in [0.3, 0.4) is 0 Å². The summed E-state index contributed by atoms with van der Waals surface area (Å²) in [5.41, 5.74) is 0.534. The van der Waals surface area contributed by atoms with Gasteiger partial charge >= 0.3 is 0 Å². The molecule has 0 unspecified atom stereocenters. The van der Waals surface area contributed by atoms with E-state index in [1.165, 1.54) is 4.57 Å². The summed E-state index contributed by atoms with van der Waals surface area (Å²) < 4.78 is 6.40. The number of carbonyl (C=O) groups excluding carboxylic acids is 1. The molecule has 0 spiro atoms. The lowest BCUT2D eigenvalue weighted by molar-refractivity contribution is 0.0930. The number of ether oxygens (including phenoxy) is 1. The highest BCUT2D eigenvalue weighted by molar-refractivity contribution is 5.93. The third-order valence-electron chi connectivity index (χ3n) is 3.24. The van der Waals surface area contributed by atoms with Crippen LogP contribution in [0.25, 0.3) is 11.2 Å². The Hall–Kier alpha value is -2.28. The monoisotopic (exact) mass is 304 g/mol. The van der Waals surface area contributed by atoms with Crippen LogP contribution < -0.4 is 10.9 Å². The van der Waals surface area contributed by atoms with Gasteiger partial charge in [-0.3, -0.25) is 14.2 Å². The average Bonchev–Trinajstić information content (AvgIpc) is 2.53. The molecule has 0 saturated heterocycles. The minimum absolute atomic E-state index is 0.104. The third-order valence-corrected chi connectivity index (χ3v) is 3.24. The molecule has 2 rings (SSSR count). The van der Waals surface area contributed by atoms with Gasteiger partial charge in [-0.25, -0.2) is 9.97 Å². The molecule has 22 heavy (non-hydrogen) atoms. The van der Waals surface area contributed by atoms with Crippen LogP contribution in [-0.4, -0.2) is 40.7 Å². The predicted molar refractivity (Wildman–Crippen MR) is 82.9 cm³/mol. The van der Waals surface area contributed by atoms with Gasteiger partial charge < -0.3 is 10.1 Å². The second kappa shape index (κ2) is 7.65. The zero-order valence-electron chi connectivity index (χ0n) is 12.8. The van der Waals surface area contributed by atoms with Crippen LogP contribution in [0.1, 0.15) is 30.3 Å². The lowest BCUT2D eigenvalue weighted by Crippen LogP contribution is -2.36. The maximum atomic E-state index is 12.5. The Morgan fingerprint density at radius 2 is 2.27 bits per heavy atom. The number of nitrogens with zero attached hydrogens (tertiary/aromatic N) is 3. The van der Waals surface area contributed by atoms with Crippen LogP contribution in [0, 0.1) is 0 Å². The summed E-state index contributed by atoms with van der Waals surface area (Å²) in [6, 6.07) is 3.48. The summed E-state index contributed by atoms with van der Waals surface area (Å²) in [7, 11) is 1.55. The van der Waals surface area contributed by atoms with E-state index in [1.54, 1.807) is 25.4 Å². The van der Waals surface area contributed by atoms with E-state index in [0.717, 1.165) is 12.8 Å². The van der Waals surface area contributed by atoms with Gasteiger partial charge in [0.15, 0.2) is 11.3 Å². The number of nitrogens with one attached hydrogen (secondary N) is 1. The van der Waals surface area contributed by atoms with E-state index in [4.69, 9.17) is 4.74 Å². The van der Waals surface area contributed by atoms with E-state index in [0.29, 0.717) is 30.9 Å². The summed E-state index contributed by atoms with van der Waals surface area (Å²) in [5, 5.41) is 2.63. The number of aryl methyl sites for hydroxylation is 1. The Morgan fingerprint density at radius 1 is 1.45 bits per heavy atom. The van der Waals surface area contributed by atoms with E-state index in [1.807, 2.05) is 6.92 Å². The minimum atomic E-state index is -0.488. The molecule has 1 amide bonds. The molecule has 0 aliphatic rings. The van der Waals surface area contributed by atoms with Crippen LogP contribution >= 0.6 is 0 Å². The van der Waals surface area contributed by atoms with Crippen LogP contribution in [0.4, 0.5) is 0 Å². The molecule has 2 aromatic heterocycles. The fraction of sp³-hybridized carbons (Fsp3) is 0.467. The molecule has 7 heteroatoms. The zero-order chi connectivity index (χ0) is 15.9. The van der Waals surface area contributed by atoms with Crippen molar-refractivity contribution in [1.29, 1.82) is 0 Å². The quantitative estimate of drug-likeness (QED) is 0.770. The van der Waals surface area contributed by atoms with Crippen molar-refractivity contribution in [2.75, 3.05) is 20.3 Å². The number of hydrogen-bond acceptors (Lipinski definition) is 5. The summed E-state index contributed by atoms with van der Waals surface area (Å²) in [4.78, 5) is 33.1. The SMILES string of the molecule is CCCCn1c(=O)c(C(=O)NCCOC)nc2cccnc21. The van der Waals surface area contributed by atoms with Crippen molar-refractivity contribution >= 4 is 17.1 Å². The summed E-state index contributed by atoms with van der Waals surface area (Å²) in [6.45, 7) is 3.27. The topological polar surface area (TPSA) is 86.1 Å². The smallest absolute Gasteiger partial charge is 0.283 e. The van der Waals surface area contributed by atoms with E-state index in [-0.39, 0.29) is 5.69 Å². The second-order valence-corrected chi connectivity index (χ2v) is 4.87. The first-order valence-corrected chi connectivity index (χ1v) is 7.31. The summed E-state index contributed by atoms with van der Waals surface area (Å²) in [5.74, 6) is -0.488. The summed E-state index contributed by atoms with van der Waals surface area (Å²) in [6.07, 6.45) is 3.39. The molecule has 0 atom stereocenters. The number of fused-ring (bicyclic) bond motifs is 1. The molecule has 0 aromatic carbocycles. The first kappa shape index (κ1) is 16.1. The first-order chi connectivity index (χ1) is 10.7. The molecule has 0 fully saturated rings. The van der Waals surface area contributed by atoms with Crippen molar-refractivity contribution < 1.29 is 9.53 Å². The van der Waals surface area contributed by atoms with Crippen molar-refractivity contribution in [2.45, 2.75) is 26.3 Å². The molecule has 2 heterocycles. The van der Waals surface area contributed by atoms with Crippen LogP contribution in [0.5, 0.6) is 0 Å². The average molecular weight is 304 g/mol. The minimum Gasteiger partial charge on any atom is -0.383 e. The van der Waals surface area contributed by atoms with Gasteiger partial charge in [0.2, 0.25) is 0 Å². The fourth-order valence-corrected chi connectivity index (χ4v) is 2.10. The molecular weight excluding hydrogens is 284 g/mol. The largest absolute Gasteiger partial charge is 0.383 e. The van der Waals surface area contributed by atoms with Gasteiger partial charge in [-0.1, -0.05) is 13.3 Å². The molecule has 7 nitrogen and oxygen atoms in total. The molecule has 0 saturated carbocycles. The lowest BCUT2D eigenvalue weighted by atomic mass is 10.3. The molecule has 118 valence electrons. The highest BCUT2D eigenvalue weighted by atomic mass is 16.5. The van der Waals surface area contributed by atoms with Crippen molar-refractivity contribution in [1.82, 2.24) is 19.9 Å². The molecule has 0 aliphatic heterocycles. The number of unbranched alkanes of at least 4 members (excludes halogenated alkanes) is 1. The van der Waals surface area contributed by atoms with Gasteiger partial charge in [0.25, 0.3) is 11.5 Å². The number of rotatable bonds is 7. The number of carbonyl (C=O) groups is 1. The standard InChI is InChI=1S/C15H20N4O3/c1-3-4-9-19-13-11(6-5-7-16-13)18-12(15(19)21)14(20)17-8-10-22-2/h5-7H,3-4,8-10H2,1-2H3,(H,17,20).